The molecule has 3 nitrogen and oxygen atoms in total. The van der Waals surface area contributed by atoms with Gasteiger partial charge in [0.25, 0.3) is 0 Å². The smallest absolute Gasteiger partial charge is 0.217 e. The third-order valence-corrected chi connectivity index (χ3v) is 4.51. The van der Waals surface area contributed by atoms with Gasteiger partial charge in [0, 0.05) is 18.6 Å². The number of benzene rings is 1. The minimum Gasteiger partial charge on any atom is -0.396 e. The van der Waals surface area contributed by atoms with Gasteiger partial charge >= 0.3 is 0 Å². The van der Waals surface area contributed by atoms with E-state index in [9.17, 15) is 4.79 Å². The molecule has 0 radical (unpaired) electrons. The summed E-state index contributed by atoms with van der Waals surface area (Å²) < 4.78 is 0. The Kier molecular flexibility index (Phi) is 10.9. The van der Waals surface area contributed by atoms with Crippen LogP contribution in [0.3, 0.4) is 0 Å². The van der Waals surface area contributed by atoms with E-state index in [1.54, 1.807) is 0 Å². The summed E-state index contributed by atoms with van der Waals surface area (Å²) in [6.07, 6.45) is 12.1. The van der Waals surface area contributed by atoms with Gasteiger partial charge in [-0.15, -0.1) is 5.73 Å². The summed E-state index contributed by atoms with van der Waals surface area (Å²) in [5.41, 5.74) is 14.0. The number of allylic oxidation sites excluding steroid dienone is 4. The number of aliphatic hydroxyl groups excluding tert-OH is 1. The second-order valence-corrected chi connectivity index (χ2v) is 6.68. The molecule has 0 aliphatic rings. The minimum atomic E-state index is -0.315. The lowest BCUT2D eigenvalue weighted by molar-refractivity contribution is -0.117. The maximum absolute atomic E-state index is 11.1. The molecule has 1 aromatic carbocycles. The van der Waals surface area contributed by atoms with Crippen LogP contribution in [-0.4, -0.2) is 17.6 Å². The Morgan fingerprint density at radius 2 is 2.04 bits per heavy atom. The lowest BCUT2D eigenvalue weighted by atomic mass is 9.94. The molecule has 0 saturated carbocycles. The van der Waals surface area contributed by atoms with E-state index in [-0.39, 0.29) is 12.5 Å². The molecule has 3 N–H and O–H groups in total. The zero-order valence-corrected chi connectivity index (χ0v) is 16.8. The van der Waals surface area contributed by atoms with Gasteiger partial charge in [-0.1, -0.05) is 55.9 Å². The average molecular weight is 368 g/mol. The standard InChI is InChI=1S/C24H33NO2/c1-4-8-19(10-7-17-26)11-12-21-13-14-23(18-22(21)9-5-2)20(6-3)15-16-24(25)27/h5,9,11,13-14,18,26H,3-4,7-8,10,12,15-17H2,1-2H3,(H2,25,27)/b9-5+,19-11+. The van der Waals surface area contributed by atoms with Crippen LogP contribution in [0.25, 0.3) is 11.6 Å². The molecule has 0 saturated heterocycles. The number of nitrogens with two attached hydrogens (primary N) is 1. The maximum atomic E-state index is 11.1. The second kappa shape index (κ2) is 12.9. The highest BCUT2D eigenvalue weighted by molar-refractivity contribution is 5.77. The number of aliphatic hydroxyl groups is 1. The predicted octanol–water partition coefficient (Wildman–Crippen LogP) is 5.20. The quantitative estimate of drug-likeness (QED) is 0.394. The summed E-state index contributed by atoms with van der Waals surface area (Å²) in [5, 5.41) is 9.09. The van der Waals surface area contributed by atoms with Gasteiger partial charge in [0.1, 0.15) is 0 Å². The monoisotopic (exact) mass is 367 g/mol. The van der Waals surface area contributed by atoms with Crippen molar-refractivity contribution in [2.24, 2.45) is 5.73 Å². The number of rotatable bonds is 12. The van der Waals surface area contributed by atoms with Crippen LogP contribution in [0.1, 0.15) is 69.1 Å². The summed E-state index contributed by atoms with van der Waals surface area (Å²) in [6, 6.07) is 6.33. The fourth-order valence-corrected chi connectivity index (χ4v) is 3.10. The van der Waals surface area contributed by atoms with Gasteiger partial charge in [-0.05, 0) is 61.8 Å². The number of hydrogen-bond donors (Lipinski definition) is 2. The molecular formula is C24H33NO2. The average Bonchev–Trinajstić information content (AvgIpc) is 2.65. The molecule has 0 spiro atoms. The molecule has 0 aromatic heterocycles. The van der Waals surface area contributed by atoms with E-state index in [0.29, 0.717) is 12.8 Å². The Bertz CT molecular complexity index is 722. The van der Waals surface area contributed by atoms with Crippen LogP contribution in [0, 0.1) is 0 Å². The molecule has 0 bridgehead atoms. The van der Waals surface area contributed by atoms with Crippen LogP contribution in [0.15, 0.2) is 48.2 Å². The lowest BCUT2D eigenvalue weighted by Gasteiger charge is -2.11. The van der Waals surface area contributed by atoms with E-state index in [2.05, 4.69) is 49.6 Å². The molecule has 27 heavy (non-hydrogen) atoms. The first-order chi connectivity index (χ1) is 13.0. The van der Waals surface area contributed by atoms with Gasteiger partial charge in [0.15, 0.2) is 0 Å². The zero-order valence-electron chi connectivity index (χ0n) is 16.8. The third-order valence-electron chi connectivity index (χ3n) is 4.51. The van der Waals surface area contributed by atoms with Crippen LogP contribution in [0.4, 0.5) is 0 Å². The molecule has 0 aliphatic carbocycles. The molecule has 146 valence electrons. The molecular weight excluding hydrogens is 334 g/mol. The highest BCUT2D eigenvalue weighted by atomic mass is 16.2. The fraction of sp³-hybridized carbons (Fsp3) is 0.417. The molecule has 0 atom stereocenters. The van der Waals surface area contributed by atoms with Crippen LogP contribution >= 0.6 is 0 Å². The van der Waals surface area contributed by atoms with Crippen molar-refractivity contribution in [3.63, 3.8) is 0 Å². The van der Waals surface area contributed by atoms with E-state index in [1.807, 2.05) is 13.0 Å². The second-order valence-electron chi connectivity index (χ2n) is 6.68. The highest BCUT2D eigenvalue weighted by Crippen LogP contribution is 2.24. The van der Waals surface area contributed by atoms with Crippen molar-refractivity contribution in [2.75, 3.05) is 6.61 Å². The summed E-state index contributed by atoms with van der Waals surface area (Å²) in [5.74, 6) is -0.315. The summed E-state index contributed by atoms with van der Waals surface area (Å²) in [7, 11) is 0. The molecule has 1 amide bonds. The number of amides is 1. The van der Waals surface area contributed by atoms with E-state index in [0.717, 1.165) is 48.8 Å². The predicted molar refractivity (Wildman–Crippen MR) is 115 cm³/mol. The van der Waals surface area contributed by atoms with Crippen LogP contribution in [0.5, 0.6) is 0 Å². The largest absolute Gasteiger partial charge is 0.396 e. The van der Waals surface area contributed by atoms with Crippen LogP contribution in [0.2, 0.25) is 0 Å². The first kappa shape index (κ1) is 22.7. The van der Waals surface area contributed by atoms with Crippen LogP contribution < -0.4 is 5.73 Å². The van der Waals surface area contributed by atoms with Crippen molar-refractivity contribution < 1.29 is 9.90 Å². The van der Waals surface area contributed by atoms with Crippen molar-refractivity contribution in [1.82, 2.24) is 0 Å². The lowest BCUT2D eigenvalue weighted by Crippen LogP contribution is -2.09. The number of primary amides is 1. The van der Waals surface area contributed by atoms with Gasteiger partial charge in [0.05, 0.1) is 0 Å². The first-order valence-corrected chi connectivity index (χ1v) is 9.77. The fourth-order valence-electron chi connectivity index (χ4n) is 3.10. The highest BCUT2D eigenvalue weighted by Gasteiger charge is 2.07. The van der Waals surface area contributed by atoms with Gasteiger partial charge in [-0.3, -0.25) is 4.79 Å². The Morgan fingerprint density at radius 3 is 2.63 bits per heavy atom. The van der Waals surface area contributed by atoms with Gasteiger partial charge in [-0.25, -0.2) is 0 Å². The van der Waals surface area contributed by atoms with E-state index in [4.69, 9.17) is 10.8 Å². The molecule has 0 unspecified atom stereocenters. The van der Waals surface area contributed by atoms with Crippen molar-refractivity contribution >= 4 is 17.6 Å². The Balaban J connectivity index is 3.07. The molecule has 1 rings (SSSR count). The van der Waals surface area contributed by atoms with E-state index in [1.165, 1.54) is 11.1 Å². The Morgan fingerprint density at radius 1 is 1.26 bits per heavy atom. The molecule has 1 aromatic rings. The number of hydrogen-bond acceptors (Lipinski definition) is 2. The van der Waals surface area contributed by atoms with Gasteiger partial charge in [-0.2, -0.15) is 0 Å². The molecule has 0 fully saturated rings. The summed E-state index contributed by atoms with van der Waals surface area (Å²) >= 11 is 0. The van der Waals surface area contributed by atoms with Crippen molar-refractivity contribution in [2.45, 2.75) is 58.8 Å². The van der Waals surface area contributed by atoms with Crippen molar-refractivity contribution in [1.29, 1.82) is 0 Å². The topological polar surface area (TPSA) is 63.3 Å². The normalized spacial score (nSPS) is 11.6. The van der Waals surface area contributed by atoms with Gasteiger partial charge in [0.2, 0.25) is 5.91 Å². The van der Waals surface area contributed by atoms with Crippen molar-refractivity contribution in [3.05, 3.63) is 64.9 Å². The molecule has 3 heteroatoms. The molecule has 0 heterocycles. The van der Waals surface area contributed by atoms with Crippen LogP contribution in [-0.2, 0) is 11.2 Å². The Labute approximate surface area is 164 Å². The first-order valence-electron chi connectivity index (χ1n) is 9.77. The maximum Gasteiger partial charge on any atom is 0.217 e. The minimum absolute atomic E-state index is 0.238. The SMILES string of the molecule is C=C=C(CCC(N)=O)c1ccc(C/C=C(\CCC)CCCO)c(/C=C/C)c1. The third kappa shape index (κ3) is 8.25. The van der Waals surface area contributed by atoms with E-state index >= 15 is 0 Å². The summed E-state index contributed by atoms with van der Waals surface area (Å²) in [4.78, 5) is 11.1. The molecule has 0 aliphatic heterocycles. The zero-order chi connectivity index (χ0) is 20.1. The summed E-state index contributed by atoms with van der Waals surface area (Å²) in [6.45, 7) is 8.19. The van der Waals surface area contributed by atoms with Gasteiger partial charge < -0.3 is 10.8 Å². The number of carbonyl (C=O) groups excluding carboxylic acids is 1. The number of carbonyl (C=O) groups is 1. The van der Waals surface area contributed by atoms with E-state index < -0.39 is 0 Å². The Hall–Kier alpha value is -2.35. The van der Waals surface area contributed by atoms with Crippen molar-refractivity contribution in [3.8, 4) is 0 Å².